The number of nitrogens with zero attached hydrogens (tertiary/aromatic N) is 2. The van der Waals surface area contributed by atoms with Crippen molar-refractivity contribution in [1.29, 1.82) is 0 Å². The zero-order valence-corrected chi connectivity index (χ0v) is 15.4. The Balaban J connectivity index is 1.90. The molecule has 2 aromatic heterocycles. The van der Waals surface area contributed by atoms with Crippen molar-refractivity contribution in [2.45, 2.75) is 39.8 Å². The monoisotopic (exact) mass is 358 g/mol. The van der Waals surface area contributed by atoms with Crippen LogP contribution in [0.3, 0.4) is 0 Å². The highest BCUT2D eigenvalue weighted by molar-refractivity contribution is 5.69. The van der Waals surface area contributed by atoms with Crippen LogP contribution in [0.1, 0.15) is 26.7 Å². The third kappa shape index (κ3) is 6.27. The molecule has 0 unspecified atom stereocenters. The predicted octanol–water partition coefficient (Wildman–Crippen LogP) is 1.83. The zero-order valence-electron chi connectivity index (χ0n) is 15.4. The largest absolute Gasteiger partial charge is 0.466 e. The van der Waals surface area contributed by atoms with Gasteiger partial charge in [0.2, 0.25) is 0 Å². The van der Waals surface area contributed by atoms with Gasteiger partial charge in [-0.25, -0.2) is 9.13 Å². The molecule has 0 saturated carbocycles. The summed E-state index contributed by atoms with van der Waals surface area (Å²) in [7, 11) is 0. The number of rotatable bonds is 9. The van der Waals surface area contributed by atoms with Crippen LogP contribution in [-0.4, -0.2) is 25.2 Å². The minimum Gasteiger partial charge on any atom is -0.466 e. The Bertz CT molecular complexity index is 648. The molecule has 0 saturated heterocycles. The molecule has 0 N–H and O–H groups in total. The van der Waals surface area contributed by atoms with Crippen LogP contribution in [0, 0.1) is 0 Å². The molecule has 2 rings (SSSR count). The van der Waals surface area contributed by atoms with E-state index in [-0.39, 0.29) is 11.9 Å². The summed E-state index contributed by atoms with van der Waals surface area (Å²) < 4.78 is 13.8. The Kier molecular flexibility index (Phi) is 7.74. The van der Waals surface area contributed by atoms with Crippen molar-refractivity contribution in [2.24, 2.45) is 0 Å². The van der Waals surface area contributed by atoms with Gasteiger partial charge >= 0.3 is 11.9 Å². The van der Waals surface area contributed by atoms with Gasteiger partial charge in [-0.3, -0.25) is 9.59 Å². The first kappa shape index (κ1) is 19.6. The Morgan fingerprint density at radius 2 is 1.08 bits per heavy atom. The number of hydrogen-bond acceptors (Lipinski definition) is 4. The molecule has 2 heterocycles. The van der Waals surface area contributed by atoms with Crippen molar-refractivity contribution < 1.29 is 28.2 Å². The summed E-state index contributed by atoms with van der Waals surface area (Å²) >= 11 is 0. The Labute approximate surface area is 154 Å². The van der Waals surface area contributed by atoms with Gasteiger partial charge in [-0.15, -0.1) is 0 Å². The number of aromatic nitrogens is 2. The van der Waals surface area contributed by atoms with Gasteiger partial charge in [-0.05, 0) is 25.0 Å². The average molecular weight is 358 g/mol. The van der Waals surface area contributed by atoms with E-state index in [4.69, 9.17) is 9.47 Å². The number of ether oxygens (including phenoxy) is 2. The number of esters is 2. The minimum atomic E-state index is -0.181. The van der Waals surface area contributed by atoms with E-state index in [0.29, 0.717) is 39.1 Å². The molecule has 0 amide bonds. The maximum atomic E-state index is 11.4. The molecule has 0 fully saturated rings. The van der Waals surface area contributed by atoms with E-state index >= 15 is 0 Å². The van der Waals surface area contributed by atoms with Crippen LogP contribution in [0.4, 0.5) is 0 Å². The minimum absolute atomic E-state index is 0.181. The van der Waals surface area contributed by atoms with Crippen molar-refractivity contribution in [2.75, 3.05) is 13.2 Å². The highest BCUT2D eigenvalue weighted by Crippen LogP contribution is 2.15. The van der Waals surface area contributed by atoms with Gasteiger partial charge in [0.05, 0.1) is 13.2 Å². The van der Waals surface area contributed by atoms with Crippen LogP contribution in [0.15, 0.2) is 49.1 Å². The third-order valence-electron chi connectivity index (χ3n) is 3.87. The number of carbonyl (C=O) groups excluding carboxylic acids is 2. The standard InChI is InChI=1S/C20H26N2O4/c1-3-25-19(23)9-15-21-11-5-17(6-12-21)18-7-13-22(14-8-18)16-10-20(24)26-4-2/h5-8,11-14H,3-4,9-10,15-16H2,1-2H3/q+2. The fraction of sp³-hybridized carbons (Fsp3) is 0.400. The molecule has 0 aliphatic heterocycles. The molecule has 6 heteroatoms. The van der Waals surface area contributed by atoms with E-state index in [1.165, 1.54) is 0 Å². The highest BCUT2D eigenvalue weighted by atomic mass is 16.5. The molecular weight excluding hydrogens is 332 g/mol. The maximum Gasteiger partial charge on any atom is 0.312 e. The van der Waals surface area contributed by atoms with Crippen molar-refractivity contribution in [1.82, 2.24) is 0 Å². The summed E-state index contributed by atoms with van der Waals surface area (Å²) in [6.07, 6.45) is 8.55. The Morgan fingerprint density at radius 3 is 1.38 bits per heavy atom. The summed E-state index contributed by atoms with van der Waals surface area (Å²) in [4.78, 5) is 22.8. The third-order valence-corrected chi connectivity index (χ3v) is 3.87. The fourth-order valence-electron chi connectivity index (χ4n) is 2.50. The molecule has 0 radical (unpaired) electrons. The number of pyridine rings is 2. The first-order chi connectivity index (χ1) is 12.6. The topological polar surface area (TPSA) is 60.4 Å². The van der Waals surface area contributed by atoms with Gasteiger partial charge in [0.15, 0.2) is 37.9 Å². The Hall–Kier alpha value is -2.76. The van der Waals surface area contributed by atoms with Crippen LogP contribution < -0.4 is 9.13 Å². The lowest BCUT2D eigenvalue weighted by atomic mass is 10.1. The van der Waals surface area contributed by atoms with Crippen LogP contribution in [0.25, 0.3) is 11.1 Å². The van der Waals surface area contributed by atoms with E-state index < -0.39 is 0 Å². The second kappa shape index (κ2) is 10.3. The van der Waals surface area contributed by atoms with E-state index in [1.54, 1.807) is 13.8 Å². The van der Waals surface area contributed by atoms with Gasteiger partial charge in [0.25, 0.3) is 0 Å². The quantitative estimate of drug-likeness (QED) is 0.507. The molecule has 0 aromatic carbocycles. The number of aryl methyl sites for hydroxylation is 2. The summed E-state index contributed by atoms with van der Waals surface area (Å²) in [5.74, 6) is -0.362. The summed E-state index contributed by atoms with van der Waals surface area (Å²) in [5.41, 5.74) is 2.19. The fourth-order valence-corrected chi connectivity index (χ4v) is 2.50. The Morgan fingerprint density at radius 1 is 0.731 bits per heavy atom. The summed E-state index contributed by atoms with van der Waals surface area (Å²) in [6.45, 7) is 5.64. The van der Waals surface area contributed by atoms with E-state index in [0.717, 1.165) is 11.1 Å². The lowest BCUT2D eigenvalue weighted by Crippen LogP contribution is -2.34. The number of hydrogen-bond donors (Lipinski definition) is 0. The predicted molar refractivity (Wildman–Crippen MR) is 94.8 cm³/mol. The second-order valence-electron chi connectivity index (χ2n) is 5.76. The van der Waals surface area contributed by atoms with Crippen molar-refractivity contribution in [3.05, 3.63) is 49.1 Å². The van der Waals surface area contributed by atoms with Crippen LogP contribution in [0.5, 0.6) is 0 Å². The molecule has 26 heavy (non-hydrogen) atoms. The summed E-state index contributed by atoms with van der Waals surface area (Å²) in [5, 5.41) is 0. The SMILES string of the molecule is CCOC(=O)CC[n+]1ccc(-c2cc[n+](CCC(=O)OCC)cc2)cc1. The second-order valence-corrected chi connectivity index (χ2v) is 5.76. The van der Waals surface area contributed by atoms with Gasteiger partial charge in [-0.2, -0.15) is 0 Å². The van der Waals surface area contributed by atoms with Crippen molar-refractivity contribution >= 4 is 11.9 Å². The lowest BCUT2D eigenvalue weighted by molar-refractivity contribution is -0.696. The van der Waals surface area contributed by atoms with Crippen molar-refractivity contribution in [3.63, 3.8) is 0 Å². The van der Waals surface area contributed by atoms with Crippen molar-refractivity contribution in [3.8, 4) is 11.1 Å². The highest BCUT2D eigenvalue weighted by Gasteiger charge is 2.10. The molecule has 0 aliphatic rings. The van der Waals surface area contributed by atoms with E-state index in [9.17, 15) is 9.59 Å². The van der Waals surface area contributed by atoms with Crippen LogP contribution >= 0.6 is 0 Å². The molecule has 0 bridgehead atoms. The van der Waals surface area contributed by atoms with Crippen LogP contribution in [0.2, 0.25) is 0 Å². The first-order valence-electron chi connectivity index (χ1n) is 8.92. The van der Waals surface area contributed by atoms with Gasteiger partial charge < -0.3 is 9.47 Å². The normalized spacial score (nSPS) is 10.4. The summed E-state index contributed by atoms with van der Waals surface area (Å²) in [6, 6.07) is 8.07. The average Bonchev–Trinajstić information content (AvgIpc) is 2.66. The molecule has 138 valence electrons. The van der Waals surface area contributed by atoms with E-state index in [1.807, 2.05) is 58.2 Å². The molecule has 2 aromatic rings. The van der Waals surface area contributed by atoms with Gasteiger partial charge in [0, 0.05) is 24.3 Å². The molecule has 6 nitrogen and oxygen atoms in total. The van der Waals surface area contributed by atoms with Gasteiger partial charge in [-0.1, -0.05) is 0 Å². The lowest BCUT2D eigenvalue weighted by Gasteiger charge is -2.02. The van der Waals surface area contributed by atoms with E-state index in [2.05, 4.69) is 0 Å². The smallest absolute Gasteiger partial charge is 0.312 e. The molecule has 0 atom stereocenters. The molecular formula is C20H26N2O4+2. The first-order valence-corrected chi connectivity index (χ1v) is 8.92. The number of carbonyl (C=O) groups is 2. The zero-order chi connectivity index (χ0) is 18.8. The molecule has 0 aliphatic carbocycles. The van der Waals surface area contributed by atoms with Crippen LogP contribution in [-0.2, 0) is 32.2 Å². The van der Waals surface area contributed by atoms with Gasteiger partial charge in [0.1, 0.15) is 12.8 Å². The maximum absolute atomic E-state index is 11.4. The molecule has 0 spiro atoms.